The Labute approximate surface area is 188 Å². The molecule has 4 rings (SSSR count). The van der Waals surface area contributed by atoms with Gasteiger partial charge in [-0.05, 0) is 49.4 Å². The molecule has 0 saturated carbocycles. The summed E-state index contributed by atoms with van der Waals surface area (Å²) in [6.07, 6.45) is 2.53. The molecule has 2 aromatic carbocycles. The Bertz CT molecular complexity index is 1020. The molecule has 2 aliphatic heterocycles. The number of benzene rings is 2. The van der Waals surface area contributed by atoms with Gasteiger partial charge in [-0.25, -0.2) is 0 Å². The van der Waals surface area contributed by atoms with E-state index < -0.39 is 17.7 Å². The van der Waals surface area contributed by atoms with Gasteiger partial charge in [-0.2, -0.15) is 0 Å². The maximum atomic E-state index is 13.1. The van der Waals surface area contributed by atoms with E-state index in [9.17, 15) is 14.7 Å². The van der Waals surface area contributed by atoms with Crippen LogP contribution in [0.15, 0.2) is 54.1 Å². The summed E-state index contributed by atoms with van der Waals surface area (Å²) in [6, 6.07) is 14.1. The van der Waals surface area contributed by atoms with E-state index in [-0.39, 0.29) is 17.4 Å². The highest BCUT2D eigenvalue weighted by molar-refractivity contribution is 6.46. The summed E-state index contributed by atoms with van der Waals surface area (Å²) in [5.74, 6) is -0.793. The molecule has 2 fully saturated rings. The number of hydrogen-bond donors (Lipinski definition) is 1. The molecule has 0 bridgehead atoms. The summed E-state index contributed by atoms with van der Waals surface area (Å²) in [4.78, 5) is 27.8. The molecule has 2 atom stereocenters. The van der Waals surface area contributed by atoms with Gasteiger partial charge >= 0.3 is 0 Å². The minimum Gasteiger partial charge on any atom is -0.507 e. The van der Waals surface area contributed by atoms with Crippen molar-refractivity contribution in [2.75, 3.05) is 19.8 Å². The minimum absolute atomic E-state index is 0.103. The molecular formula is C26H29NO5. The average molecular weight is 436 g/mol. The lowest BCUT2D eigenvalue weighted by molar-refractivity contribution is -0.140. The van der Waals surface area contributed by atoms with Crippen LogP contribution >= 0.6 is 0 Å². The Morgan fingerprint density at radius 2 is 1.94 bits per heavy atom. The average Bonchev–Trinajstić information content (AvgIpc) is 3.41. The third kappa shape index (κ3) is 4.28. The van der Waals surface area contributed by atoms with E-state index in [1.807, 2.05) is 43.3 Å². The Hall–Kier alpha value is -3.12. The number of carbonyl (C=O) groups excluding carboxylic acids is 2. The van der Waals surface area contributed by atoms with Crippen LogP contribution in [0.25, 0.3) is 5.76 Å². The second-order valence-corrected chi connectivity index (χ2v) is 8.14. The molecule has 1 N–H and O–H groups in total. The molecule has 2 aliphatic rings. The highest BCUT2D eigenvalue weighted by atomic mass is 16.5. The number of ether oxygens (including phenoxy) is 2. The van der Waals surface area contributed by atoms with Gasteiger partial charge in [0.15, 0.2) is 0 Å². The lowest BCUT2D eigenvalue weighted by atomic mass is 9.94. The number of aliphatic hydroxyl groups excluding tert-OH is 1. The first-order chi connectivity index (χ1) is 15.5. The largest absolute Gasteiger partial charge is 0.507 e. The molecule has 0 spiro atoms. The number of carbonyl (C=O) groups is 2. The number of aliphatic hydroxyl groups is 1. The predicted molar refractivity (Wildman–Crippen MR) is 121 cm³/mol. The Morgan fingerprint density at radius 1 is 1.16 bits per heavy atom. The summed E-state index contributed by atoms with van der Waals surface area (Å²) in [5.41, 5.74) is 2.47. The van der Waals surface area contributed by atoms with E-state index in [1.165, 1.54) is 4.90 Å². The summed E-state index contributed by atoms with van der Waals surface area (Å²) in [7, 11) is 0. The molecule has 6 heteroatoms. The normalized spacial score (nSPS) is 22.5. The number of aryl methyl sites for hydroxylation is 1. The number of ketones is 1. The van der Waals surface area contributed by atoms with E-state index in [1.54, 1.807) is 12.1 Å². The van der Waals surface area contributed by atoms with Crippen LogP contribution in [0, 0.1) is 0 Å². The van der Waals surface area contributed by atoms with E-state index in [2.05, 4.69) is 6.92 Å². The van der Waals surface area contributed by atoms with Crippen LogP contribution in [-0.2, 0) is 20.7 Å². The highest BCUT2D eigenvalue weighted by Crippen LogP contribution is 2.40. The second kappa shape index (κ2) is 9.57. The SMILES string of the molecule is CCOc1cccc(C2/C(=C(/O)c3ccc(CC)cc3)C(=O)C(=O)N2CC2CCCO2)c1. The molecule has 168 valence electrons. The Balaban J connectivity index is 1.80. The van der Waals surface area contributed by atoms with Gasteiger partial charge in [0.05, 0.1) is 24.3 Å². The van der Waals surface area contributed by atoms with Gasteiger partial charge in [0.2, 0.25) is 0 Å². The van der Waals surface area contributed by atoms with Crippen LogP contribution in [0.3, 0.4) is 0 Å². The van der Waals surface area contributed by atoms with Gasteiger partial charge < -0.3 is 19.5 Å². The number of likely N-dealkylation sites (tertiary alicyclic amines) is 1. The third-order valence-corrected chi connectivity index (χ3v) is 6.08. The predicted octanol–water partition coefficient (Wildman–Crippen LogP) is 4.25. The molecular weight excluding hydrogens is 406 g/mol. The van der Waals surface area contributed by atoms with Crippen LogP contribution in [0.2, 0.25) is 0 Å². The Kier molecular flexibility index (Phi) is 6.61. The van der Waals surface area contributed by atoms with Crippen molar-refractivity contribution in [2.45, 2.75) is 45.3 Å². The number of rotatable bonds is 7. The monoisotopic (exact) mass is 435 g/mol. The highest BCUT2D eigenvalue weighted by Gasteiger charge is 2.47. The number of Topliss-reactive ketones (excluding diaryl/α,β-unsaturated/α-hetero) is 1. The van der Waals surface area contributed by atoms with Gasteiger partial charge in [-0.1, -0.05) is 43.3 Å². The van der Waals surface area contributed by atoms with Crippen molar-refractivity contribution in [3.63, 3.8) is 0 Å². The van der Waals surface area contributed by atoms with Crippen molar-refractivity contribution in [1.29, 1.82) is 0 Å². The van der Waals surface area contributed by atoms with E-state index in [0.29, 0.717) is 31.1 Å². The second-order valence-electron chi connectivity index (χ2n) is 8.14. The molecule has 2 aromatic rings. The topological polar surface area (TPSA) is 76.1 Å². The standard InChI is InChI=1S/C26H29NO5/c1-3-17-10-12-18(13-11-17)24(28)22-23(19-7-5-8-20(15-19)31-4-2)27(26(30)25(22)29)16-21-9-6-14-32-21/h5,7-8,10-13,15,21,23,28H,3-4,6,9,14,16H2,1-2H3/b24-22-. The van der Waals surface area contributed by atoms with Gasteiger partial charge in [-0.15, -0.1) is 0 Å². The number of amides is 1. The molecule has 0 aliphatic carbocycles. The van der Waals surface area contributed by atoms with E-state index >= 15 is 0 Å². The Morgan fingerprint density at radius 3 is 2.59 bits per heavy atom. The smallest absolute Gasteiger partial charge is 0.295 e. The third-order valence-electron chi connectivity index (χ3n) is 6.08. The molecule has 6 nitrogen and oxygen atoms in total. The molecule has 32 heavy (non-hydrogen) atoms. The molecule has 0 aromatic heterocycles. The van der Waals surface area contributed by atoms with Crippen LogP contribution in [-0.4, -0.2) is 47.6 Å². The first kappa shape index (κ1) is 22.1. The van der Waals surface area contributed by atoms with Crippen molar-refractivity contribution in [3.05, 3.63) is 70.8 Å². The van der Waals surface area contributed by atoms with Gasteiger partial charge in [0, 0.05) is 18.7 Å². The van der Waals surface area contributed by atoms with E-state index in [4.69, 9.17) is 9.47 Å². The maximum Gasteiger partial charge on any atom is 0.295 e. The van der Waals surface area contributed by atoms with Crippen molar-refractivity contribution in [3.8, 4) is 5.75 Å². The lowest BCUT2D eigenvalue weighted by Crippen LogP contribution is -2.36. The fourth-order valence-corrected chi connectivity index (χ4v) is 4.42. The fourth-order valence-electron chi connectivity index (χ4n) is 4.42. The minimum atomic E-state index is -0.703. The van der Waals surface area contributed by atoms with Crippen molar-refractivity contribution in [2.24, 2.45) is 0 Å². The van der Waals surface area contributed by atoms with E-state index in [0.717, 1.165) is 30.4 Å². The fraction of sp³-hybridized carbons (Fsp3) is 0.385. The quantitative estimate of drug-likeness (QED) is 0.400. The zero-order valence-corrected chi connectivity index (χ0v) is 18.5. The first-order valence-electron chi connectivity index (χ1n) is 11.3. The molecule has 2 heterocycles. The van der Waals surface area contributed by atoms with Crippen molar-refractivity contribution < 1.29 is 24.2 Å². The van der Waals surface area contributed by atoms with Gasteiger partial charge in [-0.3, -0.25) is 9.59 Å². The lowest BCUT2D eigenvalue weighted by Gasteiger charge is -2.27. The summed E-state index contributed by atoms with van der Waals surface area (Å²) >= 11 is 0. The van der Waals surface area contributed by atoms with Crippen molar-refractivity contribution >= 4 is 17.4 Å². The molecule has 2 unspecified atom stereocenters. The zero-order chi connectivity index (χ0) is 22.7. The molecule has 1 amide bonds. The van der Waals surface area contributed by atoms with Crippen molar-refractivity contribution in [1.82, 2.24) is 4.90 Å². The number of nitrogens with zero attached hydrogens (tertiary/aromatic N) is 1. The summed E-state index contributed by atoms with van der Waals surface area (Å²) in [6.45, 7) is 5.42. The number of hydrogen-bond acceptors (Lipinski definition) is 5. The van der Waals surface area contributed by atoms with Crippen LogP contribution in [0.5, 0.6) is 5.75 Å². The van der Waals surface area contributed by atoms with Crippen LogP contribution in [0.1, 0.15) is 49.4 Å². The van der Waals surface area contributed by atoms with Crippen LogP contribution in [0.4, 0.5) is 0 Å². The zero-order valence-electron chi connectivity index (χ0n) is 18.5. The molecule has 2 saturated heterocycles. The summed E-state index contributed by atoms with van der Waals surface area (Å²) < 4.78 is 11.4. The first-order valence-corrected chi connectivity index (χ1v) is 11.3. The summed E-state index contributed by atoms with van der Waals surface area (Å²) in [5, 5.41) is 11.2. The van der Waals surface area contributed by atoms with Crippen LogP contribution < -0.4 is 4.74 Å². The maximum absolute atomic E-state index is 13.1. The molecule has 0 radical (unpaired) electrons. The van der Waals surface area contributed by atoms with Gasteiger partial charge in [0.25, 0.3) is 11.7 Å². The van der Waals surface area contributed by atoms with Gasteiger partial charge in [0.1, 0.15) is 11.5 Å².